The quantitative estimate of drug-likeness (QED) is 0.0749. The lowest BCUT2D eigenvalue weighted by Gasteiger charge is -2.29. The third-order valence-corrected chi connectivity index (χ3v) is 15.6. The molecule has 0 aromatic carbocycles. The number of hydrogen-bond acceptors (Lipinski definition) is 0. The van der Waals surface area contributed by atoms with E-state index in [1.165, 1.54) is 46.5 Å². The van der Waals surface area contributed by atoms with E-state index < -0.39 is 136 Å². The van der Waals surface area contributed by atoms with Gasteiger partial charge in [0.05, 0.1) is 17.8 Å². The first kappa shape index (κ1) is 131. The molecule has 0 fully saturated rings. The number of hydrogen-bond donors (Lipinski definition) is 0. The fourth-order valence-electron chi connectivity index (χ4n) is 5.38. The van der Waals surface area contributed by atoms with E-state index in [1.807, 2.05) is 27.7 Å². The summed E-state index contributed by atoms with van der Waals surface area (Å²) in [4.78, 5) is 0. The molecule has 0 aliphatic carbocycles. The minimum Gasteiger partial charge on any atom is -0.171 e. The van der Waals surface area contributed by atoms with Crippen molar-refractivity contribution in [2.45, 2.75) is 415 Å². The Morgan fingerprint density at radius 2 is 0.486 bits per heavy atom. The van der Waals surface area contributed by atoms with Crippen LogP contribution in [0.1, 0.15) is 347 Å². The van der Waals surface area contributed by atoms with Gasteiger partial charge in [-0.15, -0.1) is 0 Å². The van der Waals surface area contributed by atoms with Crippen molar-refractivity contribution in [3.05, 3.63) is 0 Å². The Morgan fingerprint density at radius 1 is 0.234 bits per heavy atom. The van der Waals surface area contributed by atoms with Crippen LogP contribution in [-0.2, 0) is 0 Å². The van der Waals surface area contributed by atoms with Gasteiger partial charge in [-0.1, -0.05) is 269 Å². The van der Waals surface area contributed by atoms with Gasteiger partial charge in [0.25, 0.3) is 0 Å². The third kappa shape index (κ3) is 115. The maximum Gasteiger partial charge on any atom is 0.402 e. The normalized spacial score (nSPS) is 13.8. The van der Waals surface area contributed by atoms with E-state index >= 15 is 0 Å². The first-order valence-electron chi connectivity index (χ1n) is 36.7. The van der Waals surface area contributed by atoms with E-state index in [9.17, 15) is 145 Å². The molecule has 0 heterocycles. The maximum absolute atomic E-state index is 11.8. The zero-order valence-electron chi connectivity index (χ0n) is 68.8. The Hall–Kier alpha value is -2.31. The van der Waals surface area contributed by atoms with E-state index in [0.717, 1.165) is 56.8 Å². The molecule has 107 heavy (non-hydrogen) atoms. The summed E-state index contributed by atoms with van der Waals surface area (Å²) in [6, 6.07) is 0. The van der Waals surface area contributed by atoms with Gasteiger partial charge < -0.3 is 0 Å². The summed E-state index contributed by atoms with van der Waals surface area (Å²) < 4.78 is 383. The highest BCUT2D eigenvalue weighted by Gasteiger charge is 2.64. The van der Waals surface area contributed by atoms with Crippen molar-refractivity contribution in [1.82, 2.24) is 0 Å². The van der Waals surface area contributed by atoms with Crippen LogP contribution in [-0.4, -0.2) is 67.9 Å². The zero-order chi connectivity index (χ0) is 89.3. The van der Waals surface area contributed by atoms with Gasteiger partial charge in [-0.3, -0.25) is 0 Å². The van der Waals surface area contributed by atoms with Crippen LogP contribution in [0.5, 0.6) is 0 Å². The minimum absolute atomic E-state index is 0.104. The molecular weight excluding hydrogens is 1520 g/mol. The Balaban J connectivity index is -0.0000000927. The van der Waals surface area contributed by atoms with Crippen molar-refractivity contribution in [3.63, 3.8) is 0 Å². The molecule has 0 aromatic rings. The Morgan fingerprint density at radius 3 is 0.645 bits per heavy atom. The SMILES string of the molecule is CC(C)(C(F)(F)F)C(F)(F)F.CC(C)C(C)C.CCC(C)(C)C.CCC(C)(C)C.CCC(C)CC.CCCC(C(F)(F)F)C(F)(F)F.CCCCCC(F)(F)F.CCCCCCC(F)(F)F.CCCC[C@H](C)C(F)(F)F.CCC[C@H](C)C(F)(F)F.CCC[C@H](C)CC(F)(F)F.C[C@@H](CCC(F)(F)F)C(F)(F)F. The van der Waals surface area contributed by atoms with E-state index in [2.05, 4.69) is 104 Å². The van der Waals surface area contributed by atoms with Gasteiger partial charge in [0.1, 0.15) is 0 Å². The molecule has 0 aliphatic heterocycles. The molecule has 0 aliphatic rings. The molecule has 0 unspecified atom stereocenters. The van der Waals surface area contributed by atoms with Gasteiger partial charge in [0.2, 0.25) is 0 Å². The molecule has 0 saturated carbocycles. The molecule has 0 spiro atoms. The topological polar surface area (TPSA) is 0 Å². The van der Waals surface area contributed by atoms with Crippen molar-refractivity contribution in [2.75, 3.05) is 0 Å². The number of alkyl halides is 33. The van der Waals surface area contributed by atoms with Gasteiger partial charge in [-0.05, 0) is 86.9 Å². The number of halogens is 33. The largest absolute Gasteiger partial charge is 0.402 e. The lowest BCUT2D eigenvalue weighted by Crippen LogP contribution is -2.44. The molecule has 4 atom stereocenters. The fourth-order valence-corrected chi connectivity index (χ4v) is 5.38. The Labute approximate surface area is 622 Å². The summed E-state index contributed by atoms with van der Waals surface area (Å²) in [7, 11) is 0. The van der Waals surface area contributed by atoms with E-state index in [4.69, 9.17) is 0 Å². The smallest absolute Gasteiger partial charge is 0.171 e. The van der Waals surface area contributed by atoms with Crippen molar-refractivity contribution >= 4 is 0 Å². The van der Waals surface area contributed by atoms with Crippen LogP contribution in [0, 0.1) is 63.6 Å². The molecule has 0 saturated heterocycles. The predicted molar refractivity (Wildman–Crippen MR) is 370 cm³/mol. The van der Waals surface area contributed by atoms with Crippen LogP contribution in [0.3, 0.4) is 0 Å². The second-order valence-corrected chi connectivity index (χ2v) is 29.9. The fraction of sp³-hybridized carbons (Fsp3) is 1.00. The summed E-state index contributed by atoms with van der Waals surface area (Å²) in [5.41, 5.74) is -2.54. The molecule has 33 heteroatoms. The first-order chi connectivity index (χ1) is 46.9. The third-order valence-electron chi connectivity index (χ3n) is 15.6. The molecule has 0 N–H and O–H groups in total. The molecule has 0 aromatic heterocycles. The van der Waals surface area contributed by atoms with Crippen LogP contribution in [0.4, 0.5) is 145 Å². The number of unbranched alkanes of at least 4 members (excludes halogenated alkanes) is 6. The second kappa shape index (κ2) is 64.0. The molecule has 666 valence electrons. The summed E-state index contributed by atoms with van der Waals surface area (Å²) in [5, 5.41) is 0. The molecule has 0 rings (SSSR count). The first-order valence-corrected chi connectivity index (χ1v) is 36.7. The van der Waals surface area contributed by atoms with Gasteiger partial charge >= 0.3 is 67.9 Å². The monoisotopic (exact) mass is 1660 g/mol. The molecule has 0 amide bonds. The van der Waals surface area contributed by atoms with Crippen molar-refractivity contribution < 1.29 is 145 Å². The van der Waals surface area contributed by atoms with Crippen LogP contribution >= 0.6 is 0 Å². The standard InChI is InChI=1S/3C7H13F3.2C6H8F6.2C6H11F3.4C6H14.C5H6F6/c1-3-4-6(2)5-7(8,9)10;1-3-4-5-6(2)7(8,9)10;1-2-3-4-5-6-7(8,9)10;1-4(6(10,11)12)2-3-5(7,8)9;1-2-3-4(5(7,8)9)6(10,11)12;1-3-4-5(2)6(7,8)9;1-2-3-4-5-6(7,8)9;2*1-5-6(2,3)4;1-5(2)6(3)4;1-4-6(3)5-2;1-3(2,4(6,7)8)5(9,10)11/h2*6H,3-5H2,1-2H3;2-6H2,1H3;2*4H,2-3H2,1H3;5H,3-4H2,1-2H3;2-5H2,1H3;2*5H2,1-4H3;5-6H,1-4H3;6H,4-5H2,1-3H3;1-2H3/t2*6-;;4-;;5-;;;;;;/m00.0.0....../s1. The van der Waals surface area contributed by atoms with Crippen LogP contribution in [0.15, 0.2) is 0 Å². The van der Waals surface area contributed by atoms with E-state index in [0.29, 0.717) is 42.9 Å². The van der Waals surface area contributed by atoms with Gasteiger partial charge in [0.15, 0.2) is 11.3 Å². The molecule has 0 bridgehead atoms. The second-order valence-electron chi connectivity index (χ2n) is 29.9. The maximum atomic E-state index is 11.8. The average Bonchev–Trinajstić information content (AvgIpc) is 0.793. The minimum atomic E-state index is -5.24. The summed E-state index contributed by atoms with van der Waals surface area (Å²) in [5.74, 6) is -4.91. The predicted octanol–water partition coefficient (Wildman–Crippen LogP) is 36.2. The summed E-state index contributed by atoms with van der Waals surface area (Å²) in [6.45, 7) is 49.3. The highest BCUT2D eigenvalue weighted by atomic mass is 19.5. The highest BCUT2D eigenvalue weighted by Crippen LogP contribution is 2.49. The van der Waals surface area contributed by atoms with Crippen LogP contribution in [0.2, 0.25) is 0 Å². The molecule has 0 nitrogen and oxygen atoms in total. The van der Waals surface area contributed by atoms with Crippen molar-refractivity contribution in [2.24, 2.45) is 63.6 Å². The zero-order valence-corrected chi connectivity index (χ0v) is 68.8. The Bertz CT molecular complexity index is 1790. The van der Waals surface area contributed by atoms with Gasteiger partial charge in [-0.25, -0.2) is 0 Å². The van der Waals surface area contributed by atoms with E-state index in [-0.39, 0.29) is 51.9 Å². The van der Waals surface area contributed by atoms with E-state index in [1.54, 1.807) is 13.8 Å². The molecular formula is C74H139F33. The molecule has 0 radical (unpaired) electrons. The Kier molecular flexibility index (Phi) is 78.4. The summed E-state index contributed by atoms with van der Waals surface area (Å²) in [6.07, 6.45) is -40.9. The van der Waals surface area contributed by atoms with Crippen molar-refractivity contribution in [1.29, 1.82) is 0 Å². The van der Waals surface area contributed by atoms with Gasteiger partial charge in [0, 0.05) is 25.7 Å². The number of rotatable bonds is 22. The lowest BCUT2D eigenvalue weighted by molar-refractivity contribution is -0.327. The summed E-state index contributed by atoms with van der Waals surface area (Å²) >= 11 is 0. The van der Waals surface area contributed by atoms with Crippen LogP contribution < -0.4 is 0 Å². The average molecular weight is 1660 g/mol. The van der Waals surface area contributed by atoms with Crippen molar-refractivity contribution in [3.8, 4) is 0 Å². The van der Waals surface area contributed by atoms with Crippen LogP contribution in [0.25, 0.3) is 0 Å². The highest BCUT2D eigenvalue weighted by molar-refractivity contribution is 4.84. The van der Waals surface area contributed by atoms with Gasteiger partial charge in [-0.2, -0.15) is 145 Å². The lowest BCUT2D eigenvalue weighted by atomic mass is 9.92.